The molecule has 15 heavy (non-hydrogen) atoms. The molecule has 0 aromatic heterocycles. The summed E-state index contributed by atoms with van der Waals surface area (Å²) in [6.45, 7) is 4.31. The summed E-state index contributed by atoms with van der Waals surface area (Å²) in [5.41, 5.74) is 5.28. The predicted molar refractivity (Wildman–Crippen MR) is 69.1 cm³/mol. The molecule has 76 valence electrons. The molecule has 1 heteroatoms. The summed E-state index contributed by atoms with van der Waals surface area (Å²) in [5.74, 6) is 0. The third-order valence-electron chi connectivity index (χ3n) is 2.59. The molecule has 0 N–H and O–H groups in total. The Morgan fingerprint density at radius 3 is 2.07 bits per heavy atom. The molecule has 0 atom stereocenters. The second-order valence-electron chi connectivity index (χ2n) is 3.78. The molecular formula is C14H13Br. The van der Waals surface area contributed by atoms with Crippen LogP contribution in [0.1, 0.15) is 11.1 Å². The minimum absolute atomic E-state index is 1.13. The van der Waals surface area contributed by atoms with Crippen LogP contribution in [-0.4, -0.2) is 0 Å². The topological polar surface area (TPSA) is 0 Å². The van der Waals surface area contributed by atoms with Gasteiger partial charge < -0.3 is 0 Å². The van der Waals surface area contributed by atoms with Crippen molar-refractivity contribution in [2.45, 2.75) is 13.8 Å². The number of hydrogen-bond acceptors (Lipinski definition) is 0. The van der Waals surface area contributed by atoms with Gasteiger partial charge in [0.25, 0.3) is 0 Å². The van der Waals surface area contributed by atoms with Gasteiger partial charge in [-0.2, -0.15) is 0 Å². The van der Waals surface area contributed by atoms with Crippen LogP contribution in [0.2, 0.25) is 0 Å². The van der Waals surface area contributed by atoms with Crippen LogP contribution >= 0.6 is 15.9 Å². The molecule has 2 rings (SSSR count). The fourth-order valence-corrected chi connectivity index (χ4v) is 2.31. The average molecular weight is 261 g/mol. The molecule has 0 fully saturated rings. The van der Waals surface area contributed by atoms with E-state index in [0.717, 1.165) is 4.47 Å². The van der Waals surface area contributed by atoms with Crippen LogP contribution in [0.3, 0.4) is 0 Å². The third-order valence-corrected chi connectivity index (χ3v) is 3.09. The lowest BCUT2D eigenvalue weighted by atomic mass is 9.96. The second kappa shape index (κ2) is 4.19. The predicted octanol–water partition coefficient (Wildman–Crippen LogP) is 4.73. The minimum Gasteiger partial charge on any atom is -0.0617 e. The maximum Gasteiger partial charge on any atom is 0.0181 e. The molecule has 0 bridgehead atoms. The van der Waals surface area contributed by atoms with Gasteiger partial charge in [-0.25, -0.2) is 0 Å². The summed E-state index contributed by atoms with van der Waals surface area (Å²) >= 11 is 3.51. The molecule has 0 spiro atoms. The minimum atomic E-state index is 1.13. The van der Waals surface area contributed by atoms with E-state index in [4.69, 9.17) is 0 Å². The zero-order valence-electron chi connectivity index (χ0n) is 8.92. The first-order valence-electron chi connectivity index (χ1n) is 5.00. The van der Waals surface area contributed by atoms with Gasteiger partial charge in [-0.1, -0.05) is 46.3 Å². The molecule has 0 saturated heterocycles. The van der Waals surface area contributed by atoms with Gasteiger partial charge in [0.2, 0.25) is 0 Å². The van der Waals surface area contributed by atoms with Crippen molar-refractivity contribution in [1.29, 1.82) is 0 Å². The smallest absolute Gasteiger partial charge is 0.0181 e. The molecule has 0 saturated carbocycles. The van der Waals surface area contributed by atoms with Crippen molar-refractivity contribution in [2.75, 3.05) is 0 Å². The van der Waals surface area contributed by atoms with E-state index in [1.165, 1.54) is 22.3 Å². The summed E-state index contributed by atoms with van der Waals surface area (Å²) in [5, 5.41) is 0. The Kier molecular flexibility index (Phi) is 2.92. The fourth-order valence-electron chi connectivity index (χ4n) is 1.91. The first-order chi connectivity index (χ1) is 7.18. The Morgan fingerprint density at radius 2 is 1.47 bits per heavy atom. The number of aryl methyl sites for hydroxylation is 2. The standard InChI is InChI=1S/C14H13Br/c1-10-5-3-6-11(2)14(10)12-7-4-8-13(15)9-12/h3-9H,1-2H3. The lowest BCUT2D eigenvalue weighted by Crippen LogP contribution is -1.87. The summed E-state index contributed by atoms with van der Waals surface area (Å²) in [4.78, 5) is 0. The van der Waals surface area contributed by atoms with E-state index in [1.807, 2.05) is 0 Å². The number of benzene rings is 2. The lowest BCUT2D eigenvalue weighted by Gasteiger charge is -2.09. The monoisotopic (exact) mass is 260 g/mol. The van der Waals surface area contributed by atoms with Gasteiger partial charge in [-0.05, 0) is 48.2 Å². The average Bonchev–Trinajstić information content (AvgIpc) is 2.17. The van der Waals surface area contributed by atoms with Crippen molar-refractivity contribution in [3.63, 3.8) is 0 Å². The quantitative estimate of drug-likeness (QED) is 0.696. The van der Waals surface area contributed by atoms with Crippen molar-refractivity contribution in [3.8, 4) is 11.1 Å². The molecule has 0 radical (unpaired) electrons. The first-order valence-corrected chi connectivity index (χ1v) is 5.80. The highest BCUT2D eigenvalue weighted by molar-refractivity contribution is 9.10. The van der Waals surface area contributed by atoms with Crippen molar-refractivity contribution in [1.82, 2.24) is 0 Å². The van der Waals surface area contributed by atoms with Gasteiger partial charge in [0.15, 0.2) is 0 Å². The van der Waals surface area contributed by atoms with E-state index in [9.17, 15) is 0 Å². The zero-order chi connectivity index (χ0) is 10.8. The van der Waals surface area contributed by atoms with Crippen LogP contribution in [0.25, 0.3) is 11.1 Å². The number of rotatable bonds is 1. The molecule has 0 amide bonds. The van der Waals surface area contributed by atoms with Gasteiger partial charge in [0.05, 0.1) is 0 Å². The molecule has 0 unspecified atom stereocenters. The van der Waals surface area contributed by atoms with Crippen LogP contribution in [0, 0.1) is 13.8 Å². The molecule has 2 aromatic rings. The first kappa shape index (κ1) is 10.4. The van der Waals surface area contributed by atoms with E-state index < -0.39 is 0 Å². The van der Waals surface area contributed by atoms with Crippen molar-refractivity contribution < 1.29 is 0 Å². The molecular weight excluding hydrogens is 248 g/mol. The van der Waals surface area contributed by atoms with E-state index in [1.54, 1.807) is 0 Å². The second-order valence-corrected chi connectivity index (χ2v) is 4.69. The van der Waals surface area contributed by atoms with Gasteiger partial charge >= 0.3 is 0 Å². The molecule has 0 aliphatic heterocycles. The van der Waals surface area contributed by atoms with E-state index in [2.05, 4.69) is 72.2 Å². The summed E-state index contributed by atoms with van der Waals surface area (Å²) in [6, 6.07) is 14.9. The molecule has 0 aliphatic rings. The Bertz CT molecular complexity index is 466. The molecule has 0 heterocycles. The van der Waals surface area contributed by atoms with Gasteiger partial charge in [0.1, 0.15) is 0 Å². The fraction of sp³-hybridized carbons (Fsp3) is 0.143. The maximum absolute atomic E-state index is 3.51. The Hall–Kier alpha value is -1.08. The summed E-state index contributed by atoms with van der Waals surface area (Å²) in [7, 11) is 0. The van der Waals surface area contributed by atoms with Gasteiger partial charge in [-0.3, -0.25) is 0 Å². The summed E-state index contributed by atoms with van der Waals surface area (Å²) < 4.78 is 1.13. The van der Waals surface area contributed by atoms with Gasteiger partial charge in [-0.15, -0.1) is 0 Å². The Balaban J connectivity index is 2.63. The van der Waals surface area contributed by atoms with Crippen molar-refractivity contribution in [2.24, 2.45) is 0 Å². The Morgan fingerprint density at radius 1 is 0.867 bits per heavy atom. The highest BCUT2D eigenvalue weighted by atomic mass is 79.9. The number of halogens is 1. The van der Waals surface area contributed by atoms with E-state index in [0.29, 0.717) is 0 Å². The van der Waals surface area contributed by atoms with Crippen molar-refractivity contribution in [3.05, 3.63) is 58.1 Å². The van der Waals surface area contributed by atoms with Gasteiger partial charge in [0, 0.05) is 4.47 Å². The molecule has 0 nitrogen and oxygen atoms in total. The normalized spacial score (nSPS) is 10.3. The van der Waals surface area contributed by atoms with Crippen LogP contribution in [0.15, 0.2) is 46.9 Å². The SMILES string of the molecule is Cc1cccc(C)c1-c1cccc(Br)c1. The highest BCUT2D eigenvalue weighted by Gasteiger charge is 2.04. The van der Waals surface area contributed by atoms with Crippen molar-refractivity contribution >= 4 is 15.9 Å². The zero-order valence-corrected chi connectivity index (χ0v) is 10.5. The Labute approximate surface area is 99.1 Å². The van der Waals surface area contributed by atoms with Crippen LogP contribution < -0.4 is 0 Å². The molecule has 0 aliphatic carbocycles. The largest absolute Gasteiger partial charge is 0.0617 e. The molecule has 2 aromatic carbocycles. The lowest BCUT2D eigenvalue weighted by molar-refractivity contribution is 1.38. The van der Waals surface area contributed by atoms with Crippen LogP contribution in [0.4, 0.5) is 0 Å². The van der Waals surface area contributed by atoms with Crippen LogP contribution in [-0.2, 0) is 0 Å². The highest BCUT2D eigenvalue weighted by Crippen LogP contribution is 2.28. The summed E-state index contributed by atoms with van der Waals surface area (Å²) in [6.07, 6.45) is 0. The van der Waals surface area contributed by atoms with Crippen LogP contribution in [0.5, 0.6) is 0 Å². The van der Waals surface area contributed by atoms with E-state index >= 15 is 0 Å². The maximum atomic E-state index is 3.51. The van der Waals surface area contributed by atoms with E-state index in [-0.39, 0.29) is 0 Å². The number of hydrogen-bond donors (Lipinski definition) is 0. The third kappa shape index (κ3) is 2.13.